The van der Waals surface area contributed by atoms with Crippen molar-refractivity contribution in [3.63, 3.8) is 0 Å². The van der Waals surface area contributed by atoms with Gasteiger partial charge in [-0.25, -0.2) is 0 Å². The van der Waals surface area contributed by atoms with Gasteiger partial charge in [0.1, 0.15) is 12.4 Å². The van der Waals surface area contributed by atoms with Gasteiger partial charge in [-0.1, -0.05) is 50.2 Å². The summed E-state index contributed by atoms with van der Waals surface area (Å²) in [5.41, 5.74) is 2.83. The number of carbonyl (C=O) groups excluding carboxylic acids is 2. The van der Waals surface area contributed by atoms with Gasteiger partial charge in [-0.3, -0.25) is 14.9 Å². The average Bonchev–Trinajstić information content (AvgIpc) is 2.78. The topological polar surface area (TPSA) is 79.5 Å². The highest BCUT2D eigenvalue weighted by molar-refractivity contribution is 7.80. The van der Waals surface area contributed by atoms with Gasteiger partial charge in [0.25, 0.3) is 5.91 Å². The molecular formula is C25H25N3O3S. The van der Waals surface area contributed by atoms with Gasteiger partial charge in [0.05, 0.1) is 0 Å². The molecule has 0 atom stereocenters. The van der Waals surface area contributed by atoms with E-state index in [1.54, 1.807) is 48.5 Å². The first-order valence-corrected chi connectivity index (χ1v) is 10.6. The molecule has 7 heteroatoms. The Kier molecular flexibility index (Phi) is 7.94. The Bertz CT molecular complexity index is 1080. The summed E-state index contributed by atoms with van der Waals surface area (Å²) >= 11 is 5.25. The van der Waals surface area contributed by atoms with Crippen LogP contribution in [0.2, 0.25) is 0 Å². The van der Waals surface area contributed by atoms with Gasteiger partial charge >= 0.3 is 0 Å². The predicted octanol–water partition coefficient (Wildman–Crippen LogP) is 4.99. The van der Waals surface area contributed by atoms with Crippen molar-refractivity contribution >= 4 is 40.5 Å². The Hall–Kier alpha value is -3.71. The Morgan fingerprint density at radius 2 is 1.53 bits per heavy atom. The molecule has 3 aromatic rings. The molecule has 0 aromatic heterocycles. The second-order valence-electron chi connectivity index (χ2n) is 7.43. The third kappa shape index (κ3) is 6.92. The molecule has 0 fully saturated rings. The molecule has 164 valence electrons. The average molecular weight is 448 g/mol. The largest absolute Gasteiger partial charge is 0.489 e. The minimum Gasteiger partial charge on any atom is -0.489 e. The van der Waals surface area contributed by atoms with E-state index in [9.17, 15) is 9.59 Å². The van der Waals surface area contributed by atoms with E-state index in [-0.39, 0.29) is 22.8 Å². The monoisotopic (exact) mass is 447 g/mol. The SMILES string of the molecule is CC(C)C(=O)Nc1cccc(NC(=S)NC(=O)c2ccc(OCc3ccccc3)cc2)c1. The number of amides is 2. The molecule has 3 rings (SSSR count). The molecule has 2 amide bonds. The van der Waals surface area contributed by atoms with Crippen molar-refractivity contribution in [1.82, 2.24) is 5.32 Å². The summed E-state index contributed by atoms with van der Waals surface area (Å²) in [6.07, 6.45) is 0. The maximum atomic E-state index is 12.5. The van der Waals surface area contributed by atoms with Crippen molar-refractivity contribution in [2.45, 2.75) is 20.5 Å². The number of rotatable bonds is 7. The third-order valence-electron chi connectivity index (χ3n) is 4.50. The Morgan fingerprint density at radius 3 is 2.19 bits per heavy atom. The highest BCUT2D eigenvalue weighted by Gasteiger charge is 2.10. The lowest BCUT2D eigenvalue weighted by atomic mass is 10.2. The minimum atomic E-state index is -0.332. The first-order chi connectivity index (χ1) is 15.4. The first-order valence-electron chi connectivity index (χ1n) is 10.2. The van der Waals surface area contributed by atoms with Gasteiger partial charge in [0.15, 0.2) is 5.11 Å². The fourth-order valence-electron chi connectivity index (χ4n) is 2.74. The summed E-state index contributed by atoms with van der Waals surface area (Å²) in [5, 5.41) is 8.60. The number of carbonyl (C=O) groups is 2. The van der Waals surface area contributed by atoms with Crippen LogP contribution in [0.1, 0.15) is 29.8 Å². The van der Waals surface area contributed by atoms with E-state index in [1.165, 1.54) is 0 Å². The van der Waals surface area contributed by atoms with Gasteiger partial charge < -0.3 is 15.4 Å². The lowest BCUT2D eigenvalue weighted by Crippen LogP contribution is -2.34. The minimum absolute atomic E-state index is 0.0748. The summed E-state index contributed by atoms with van der Waals surface area (Å²) in [5.74, 6) is 0.143. The smallest absolute Gasteiger partial charge is 0.257 e. The van der Waals surface area contributed by atoms with E-state index in [2.05, 4.69) is 16.0 Å². The predicted molar refractivity (Wildman–Crippen MR) is 131 cm³/mol. The van der Waals surface area contributed by atoms with E-state index in [0.717, 1.165) is 5.56 Å². The zero-order valence-corrected chi connectivity index (χ0v) is 18.7. The highest BCUT2D eigenvalue weighted by atomic mass is 32.1. The summed E-state index contributed by atoms with van der Waals surface area (Å²) < 4.78 is 5.74. The molecule has 0 aliphatic carbocycles. The Morgan fingerprint density at radius 1 is 0.875 bits per heavy atom. The summed E-state index contributed by atoms with van der Waals surface area (Å²) in [6, 6.07) is 23.8. The fourth-order valence-corrected chi connectivity index (χ4v) is 2.95. The number of thiocarbonyl (C=S) groups is 1. The lowest BCUT2D eigenvalue weighted by Gasteiger charge is -2.12. The van der Waals surface area contributed by atoms with Crippen molar-refractivity contribution in [2.24, 2.45) is 5.92 Å². The van der Waals surface area contributed by atoms with Crippen LogP contribution in [-0.4, -0.2) is 16.9 Å². The molecule has 6 nitrogen and oxygen atoms in total. The van der Waals surface area contributed by atoms with E-state index >= 15 is 0 Å². The van der Waals surface area contributed by atoms with Crippen LogP contribution < -0.4 is 20.7 Å². The van der Waals surface area contributed by atoms with Crippen LogP contribution >= 0.6 is 12.2 Å². The number of ether oxygens (including phenoxy) is 1. The van der Waals surface area contributed by atoms with Crippen LogP contribution in [0.4, 0.5) is 11.4 Å². The molecule has 0 radical (unpaired) electrons. The van der Waals surface area contributed by atoms with Crippen molar-refractivity contribution in [1.29, 1.82) is 0 Å². The second-order valence-corrected chi connectivity index (χ2v) is 7.84. The quantitative estimate of drug-likeness (QED) is 0.445. The van der Waals surface area contributed by atoms with Gasteiger partial charge in [-0.05, 0) is 60.2 Å². The van der Waals surface area contributed by atoms with Crippen molar-refractivity contribution in [2.75, 3.05) is 10.6 Å². The molecule has 0 aliphatic rings. The van der Waals surface area contributed by atoms with Crippen molar-refractivity contribution < 1.29 is 14.3 Å². The Balaban J connectivity index is 1.52. The molecule has 0 saturated carbocycles. The summed E-state index contributed by atoms with van der Waals surface area (Å²) in [7, 11) is 0. The maximum Gasteiger partial charge on any atom is 0.257 e. The van der Waals surface area contributed by atoms with Gasteiger partial charge in [-0.15, -0.1) is 0 Å². The van der Waals surface area contributed by atoms with E-state index in [1.807, 2.05) is 44.2 Å². The molecule has 0 saturated heterocycles. The normalized spacial score (nSPS) is 10.3. The number of hydrogen-bond donors (Lipinski definition) is 3. The zero-order valence-electron chi connectivity index (χ0n) is 17.9. The number of nitrogens with one attached hydrogen (secondary N) is 3. The molecule has 3 aromatic carbocycles. The lowest BCUT2D eigenvalue weighted by molar-refractivity contribution is -0.118. The van der Waals surface area contributed by atoms with Crippen LogP contribution in [0.15, 0.2) is 78.9 Å². The zero-order chi connectivity index (χ0) is 22.9. The molecule has 32 heavy (non-hydrogen) atoms. The van der Waals surface area contributed by atoms with Crippen LogP contribution in [0.3, 0.4) is 0 Å². The first kappa shape index (κ1) is 23.0. The van der Waals surface area contributed by atoms with E-state index < -0.39 is 0 Å². The van der Waals surface area contributed by atoms with Crippen molar-refractivity contribution in [3.05, 3.63) is 90.0 Å². The van der Waals surface area contributed by atoms with Gasteiger partial charge in [0, 0.05) is 22.9 Å². The van der Waals surface area contributed by atoms with Crippen LogP contribution in [-0.2, 0) is 11.4 Å². The number of benzene rings is 3. The molecule has 3 N–H and O–H groups in total. The van der Waals surface area contributed by atoms with Gasteiger partial charge in [-0.2, -0.15) is 0 Å². The van der Waals surface area contributed by atoms with Crippen LogP contribution in [0.5, 0.6) is 5.75 Å². The standard InChI is InChI=1S/C25H25N3O3S/c1-17(2)23(29)26-20-9-6-10-21(15-20)27-25(32)28-24(30)19-11-13-22(14-12-19)31-16-18-7-4-3-5-8-18/h3-15,17H,16H2,1-2H3,(H,26,29)(H2,27,28,30,32). The van der Waals surface area contributed by atoms with E-state index in [0.29, 0.717) is 29.3 Å². The molecule has 0 spiro atoms. The Labute approximate surface area is 193 Å². The molecule has 0 aliphatic heterocycles. The number of hydrogen-bond acceptors (Lipinski definition) is 4. The van der Waals surface area contributed by atoms with Crippen LogP contribution in [0.25, 0.3) is 0 Å². The summed E-state index contributed by atoms with van der Waals surface area (Å²) in [4.78, 5) is 24.3. The maximum absolute atomic E-state index is 12.5. The molecule has 0 bridgehead atoms. The summed E-state index contributed by atoms with van der Waals surface area (Å²) in [6.45, 7) is 4.10. The highest BCUT2D eigenvalue weighted by Crippen LogP contribution is 2.17. The number of anilines is 2. The third-order valence-corrected chi connectivity index (χ3v) is 4.71. The second kappa shape index (κ2) is 11.1. The molecule has 0 heterocycles. The van der Waals surface area contributed by atoms with Gasteiger partial charge in [0.2, 0.25) is 5.91 Å². The molecular weight excluding hydrogens is 422 g/mol. The van der Waals surface area contributed by atoms with Crippen molar-refractivity contribution in [3.8, 4) is 5.75 Å². The molecule has 0 unspecified atom stereocenters. The fraction of sp³-hybridized carbons (Fsp3) is 0.160. The van der Waals surface area contributed by atoms with Crippen LogP contribution in [0, 0.1) is 5.92 Å². The van der Waals surface area contributed by atoms with E-state index in [4.69, 9.17) is 17.0 Å².